The highest BCUT2D eigenvalue weighted by atomic mass is 15.1. The highest BCUT2D eigenvalue weighted by Gasteiger charge is 1.99. The molecule has 0 spiro atoms. The van der Waals surface area contributed by atoms with Gasteiger partial charge in [-0.3, -0.25) is 0 Å². The van der Waals surface area contributed by atoms with Crippen LogP contribution >= 0.6 is 0 Å². The molecule has 0 saturated heterocycles. The molecular weight excluding hydrogens is 238 g/mol. The number of anilines is 1. The molecule has 2 heterocycles. The fourth-order valence-electron chi connectivity index (χ4n) is 1.95. The summed E-state index contributed by atoms with van der Waals surface area (Å²) in [5.74, 6) is 1.69. The van der Waals surface area contributed by atoms with Gasteiger partial charge in [-0.05, 0) is 12.5 Å². The number of aryl methyl sites for hydroxylation is 1. The zero-order chi connectivity index (χ0) is 12.9. The second-order valence-corrected chi connectivity index (χ2v) is 4.32. The molecule has 1 aromatic carbocycles. The predicted octanol–water partition coefficient (Wildman–Crippen LogP) is 2.40. The summed E-state index contributed by atoms with van der Waals surface area (Å²) in [5.41, 5.74) is 0.964. The fraction of sp³-hybridized carbons (Fsp3) is 0.214. The molecule has 0 fully saturated rings. The molecule has 19 heavy (non-hydrogen) atoms. The van der Waals surface area contributed by atoms with Crippen molar-refractivity contribution >= 4 is 16.9 Å². The molecule has 0 atom stereocenters. The fourth-order valence-corrected chi connectivity index (χ4v) is 1.95. The number of H-pyrrole nitrogens is 1. The molecule has 3 aromatic rings. The van der Waals surface area contributed by atoms with Crippen molar-refractivity contribution in [1.82, 2.24) is 19.9 Å². The Bertz CT molecular complexity index is 648. The van der Waals surface area contributed by atoms with Crippen molar-refractivity contribution in [2.24, 2.45) is 0 Å². The lowest BCUT2D eigenvalue weighted by Crippen LogP contribution is -2.06. The first-order valence-corrected chi connectivity index (χ1v) is 6.36. The Hall–Kier alpha value is -2.43. The Labute approximate surface area is 111 Å². The Morgan fingerprint density at radius 3 is 3.00 bits per heavy atom. The quantitative estimate of drug-likeness (QED) is 0.685. The highest BCUT2D eigenvalue weighted by molar-refractivity contribution is 5.78. The summed E-state index contributed by atoms with van der Waals surface area (Å²) >= 11 is 0. The number of nitrogens with zero attached hydrogens (tertiary/aromatic N) is 3. The summed E-state index contributed by atoms with van der Waals surface area (Å²) in [7, 11) is 0. The van der Waals surface area contributed by atoms with E-state index in [-0.39, 0.29) is 0 Å². The number of benzene rings is 1. The number of rotatable bonds is 5. The van der Waals surface area contributed by atoms with Crippen LogP contribution in [0, 0.1) is 0 Å². The molecule has 2 aromatic heterocycles. The second kappa shape index (κ2) is 5.48. The summed E-state index contributed by atoms with van der Waals surface area (Å²) in [6, 6.07) is 7.97. The highest BCUT2D eigenvalue weighted by Crippen LogP contribution is 2.11. The van der Waals surface area contributed by atoms with Crippen molar-refractivity contribution in [3.05, 3.63) is 48.7 Å². The number of hydrogen-bond donors (Lipinski definition) is 2. The van der Waals surface area contributed by atoms with Crippen LogP contribution in [0.3, 0.4) is 0 Å². The Balaban J connectivity index is 1.56. The van der Waals surface area contributed by atoms with E-state index in [1.807, 2.05) is 36.7 Å². The maximum Gasteiger partial charge on any atom is 0.223 e. The molecule has 5 heteroatoms. The average molecular weight is 253 g/mol. The Morgan fingerprint density at radius 1 is 1.16 bits per heavy atom. The third-order valence-corrected chi connectivity index (χ3v) is 2.92. The van der Waals surface area contributed by atoms with Gasteiger partial charge in [-0.25, -0.2) is 15.0 Å². The number of para-hydroxylation sites is 1. The van der Waals surface area contributed by atoms with E-state index in [1.165, 1.54) is 0 Å². The molecule has 0 amide bonds. The predicted molar refractivity (Wildman–Crippen MR) is 74.9 cm³/mol. The number of aromatic nitrogens is 4. The minimum Gasteiger partial charge on any atom is -0.354 e. The summed E-state index contributed by atoms with van der Waals surface area (Å²) in [4.78, 5) is 16.0. The van der Waals surface area contributed by atoms with E-state index in [9.17, 15) is 0 Å². The maximum absolute atomic E-state index is 4.46. The molecule has 0 radical (unpaired) electrons. The lowest BCUT2D eigenvalue weighted by atomic mass is 10.2. The van der Waals surface area contributed by atoms with Crippen LogP contribution in [0.2, 0.25) is 0 Å². The smallest absolute Gasteiger partial charge is 0.223 e. The van der Waals surface area contributed by atoms with Crippen LogP contribution in [-0.4, -0.2) is 26.5 Å². The monoisotopic (exact) mass is 253 g/mol. The van der Waals surface area contributed by atoms with Crippen LogP contribution in [0.5, 0.6) is 0 Å². The van der Waals surface area contributed by atoms with Crippen molar-refractivity contribution in [2.75, 3.05) is 11.9 Å². The zero-order valence-electron chi connectivity index (χ0n) is 10.5. The third-order valence-electron chi connectivity index (χ3n) is 2.92. The van der Waals surface area contributed by atoms with Crippen molar-refractivity contribution in [1.29, 1.82) is 0 Å². The summed E-state index contributed by atoms with van der Waals surface area (Å²) in [6.07, 6.45) is 7.37. The minimum absolute atomic E-state index is 0.679. The van der Waals surface area contributed by atoms with Gasteiger partial charge < -0.3 is 10.3 Å². The van der Waals surface area contributed by atoms with E-state index in [4.69, 9.17) is 0 Å². The van der Waals surface area contributed by atoms with E-state index in [0.717, 1.165) is 36.1 Å². The number of fused-ring (bicyclic) bond motifs is 1. The van der Waals surface area contributed by atoms with Crippen molar-refractivity contribution in [3.8, 4) is 0 Å². The third kappa shape index (κ3) is 2.88. The van der Waals surface area contributed by atoms with E-state index >= 15 is 0 Å². The number of hydrogen-bond acceptors (Lipinski definition) is 4. The maximum atomic E-state index is 4.46. The number of aromatic amines is 1. The molecule has 3 rings (SSSR count). The second-order valence-electron chi connectivity index (χ2n) is 4.32. The van der Waals surface area contributed by atoms with Gasteiger partial charge in [-0.1, -0.05) is 18.2 Å². The Morgan fingerprint density at radius 2 is 2.11 bits per heavy atom. The lowest BCUT2D eigenvalue weighted by molar-refractivity contribution is 0.811. The van der Waals surface area contributed by atoms with E-state index in [2.05, 4.69) is 25.3 Å². The summed E-state index contributed by atoms with van der Waals surface area (Å²) < 4.78 is 0. The van der Waals surface area contributed by atoms with Gasteiger partial charge in [0.05, 0.1) is 5.52 Å². The topological polar surface area (TPSA) is 66.5 Å². The largest absolute Gasteiger partial charge is 0.354 e. The molecule has 5 nitrogen and oxygen atoms in total. The standard InChI is InChI=1S/C14H15N5/c1-2-5-12-11(4-1)10-18-14(19-12)17-7-3-6-13-15-8-9-16-13/h1-2,4-5,8-10H,3,6-7H2,(H,15,16)(H,17,18,19). The minimum atomic E-state index is 0.679. The molecule has 0 aliphatic carbocycles. The normalized spacial score (nSPS) is 10.7. The van der Waals surface area contributed by atoms with Gasteiger partial charge in [0.2, 0.25) is 5.95 Å². The van der Waals surface area contributed by atoms with Gasteiger partial charge in [-0.15, -0.1) is 0 Å². The zero-order valence-corrected chi connectivity index (χ0v) is 10.5. The first kappa shape index (κ1) is 11.6. The van der Waals surface area contributed by atoms with Crippen LogP contribution in [0.4, 0.5) is 5.95 Å². The van der Waals surface area contributed by atoms with Crippen molar-refractivity contribution < 1.29 is 0 Å². The van der Waals surface area contributed by atoms with Gasteiger partial charge >= 0.3 is 0 Å². The summed E-state index contributed by atoms with van der Waals surface area (Å²) in [5, 5.41) is 4.29. The van der Waals surface area contributed by atoms with E-state index in [1.54, 1.807) is 6.20 Å². The van der Waals surface area contributed by atoms with Crippen LogP contribution in [0.25, 0.3) is 10.9 Å². The first-order chi connectivity index (χ1) is 9.42. The average Bonchev–Trinajstić information content (AvgIpc) is 2.97. The van der Waals surface area contributed by atoms with Gasteiger partial charge in [0.15, 0.2) is 0 Å². The van der Waals surface area contributed by atoms with Gasteiger partial charge in [0.1, 0.15) is 5.82 Å². The number of nitrogens with one attached hydrogen (secondary N) is 2. The van der Waals surface area contributed by atoms with Crippen LogP contribution in [0.15, 0.2) is 42.9 Å². The molecule has 2 N–H and O–H groups in total. The van der Waals surface area contributed by atoms with Crippen LogP contribution in [-0.2, 0) is 6.42 Å². The van der Waals surface area contributed by atoms with Crippen molar-refractivity contribution in [2.45, 2.75) is 12.8 Å². The van der Waals surface area contributed by atoms with Gasteiger partial charge in [0, 0.05) is 36.9 Å². The van der Waals surface area contributed by atoms with Crippen molar-refractivity contribution in [3.63, 3.8) is 0 Å². The van der Waals surface area contributed by atoms with Gasteiger partial charge in [0.25, 0.3) is 0 Å². The first-order valence-electron chi connectivity index (χ1n) is 6.36. The van der Waals surface area contributed by atoms with Crippen LogP contribution < -0.4 is 5.32 Å². The number of imidazole rings is 1. The Kier molecular flexibility index (Phi) is 3.36. The molecule has 0 bridgehead atoms. The van der Waals surface area contributed by atoms with E-state index in [0.29, 0.717) is 5.95 Å². The molecule has 0 aliphatic rings. The summed E-state index contributed by atoms with van der Waals surface area (Å²) in [6.45, 7) is 0.832. The lowest BCUT2D eigenvalue weighted by Gasteiger charge is -2.04. The van der Waals surface area contributed by atoms with Gasteiger partial charge in [-0.2, -0.15) is 0 Å². The molecule has 0 saturated carbocycles. The molecule has 0 unspecified atom stereocenters. The molecule has 0 aliphatic heterocycles. The SMILES string of the molecule is c1ccc2nc(NCCCc3ncc[nH]3)ncc2c1. The van der Waals surface area contributed by atoms with E-state index < -0.39 is 0 Å². The molecule has 96 valence electrons. The van der Waals surface area contributed by atoms with Crippen LogP contribution in [0.1, 0.15) is 12.2 Å². The molecular formula is C14H15N5.